The molecule has 1 N–H and O–H groups in total. The lowest BCUT2D eigenvalue weighted by molar-refractivity contribution is -0.384. The van der Waals surface area contributed by atoms with Crippen molar-refractivity contribution in [2.24, 2.45) is 0 Å². The first kappa shape index (κ1) is 28.0. The van der Waals surface area contributed by atoms with Crippen LogP contribution in [0.5, 0.6) is 5.75 Å². The van der Waals surface area contributed by atoms with Crippen molar-refractivity contribution in [1.82, 2.24) is 0 Å². The Morgan fingerprint density at radius 1 is 0.850 bits per heavy atom. The quantitative estimate of drug-likeness (QED) is 0.0617. The number of ether oxygens (including phenoxy) is 2. The molecule has 0 heterocycles. The van der Waals surface area contributed by atoms with Gasteiger partial charge in [0.1, 0.15) is 5.75 Å². The Morgan fingerprint density at radius 3 is 2.23 bits per heavy atom. The Bertz CT molecular complexity index is 1540. The number of carboxylic acid groups (broad SMARTS) is 1. The fraction of sp³-hybridized carbons (Fsp3) is 0.188. The lowest BCUT2D eigenvalue weighted by Crippen LogP contribution is -2.02. The van der Waals surface area contributed by atoms with Crippen LogP contribution < -0.4 is 4.74 Å². The molecule has 0 aromatic heterocycles. The molecule has 8 heteroatoms. The first-order valence-corrected chi connectivity index (χ1v) is 12.9. The van der Waals surface area contributed by atoms with Crippen LogP contribution in [0.3, 0.4) is 0 Å². The lowest BCUT2D eigenvalue weighted by Gasteiger charge is -2.15. The standard InChI is InChI=1S/C32H29NO7/c1-2-31(34)40-18-8-4-3-7-17-39-26-16-13-23-19-24(32(35)36)20-30(29(23)21-26)28-10-6-5-9-27(28)22-11-14-25(15-12-22)33(37)38/h2,5-6,9-16,19-21H,1,3-4,7-8,17-18H2,(H,35,36). The number of fused-ring (bicyclic) bond motifs is 1. The maximum atomic E-state index is 12.0. The Labute approximate surface area is 231 Å². The molecule has 204 valence electrons. The van der Waals surface area contributed by atoms with Crippen LogP contribution in [0.2, 0.25) is 0 Å². The summed E-state index contributed by atoms with van der Waals surface area (Å²) < 4.78 is 11.0. The highest BCUT2D eigenvalue weighted by atomic mass is 16.6. The number of hydrogen-bond donors (Lipinski definition) is 1. The molecule has 0 unspecified atom stereocenters. The van der Waals surface area contributed by atoms with Crippen molar-refractivity contribution in [1.29, 1.82) is 0 Å². The van der Waals surface area contributed by atoms with E-state index >= 15 is 0 Å². The average molecular weight is 540 g/mol. The molecular weight excluding hydrogens is 510 g/mol. The molecule has 4 rings (SSSR count). The van der Waals surface area contributed by atoms with Crippen LogP contribution in [0.1, 0.15) is 36.0 Å². The summed E-state index contributed by atoms with van der Waals surface area (Å²) in [5.74, 6) is -0.773. The molecule has 0 amide bonds. The van der Waals surface area contributed by atoms with Crippen molar-refractivity contribution in [3.8, 4) is 28.0 Å². The Balaban J connectivity index is 1.58. The maximum Gasteiger partial charge on any atom is 0.335 e. The highest BCUT2D eigenvalue weighted by Crippen LogP contribution is 2.38. The lowest BCUT2D eigenvalue weighted by atomic mass is 9.90. The Morgan fingerprint density at radius 2 is 1.55 bits per heavy atom. The van der Waals surface area contributed by atoms with E-state index in [4.69, 9.17) is 9.47 Å². The second-order valence-electron chi connectivity index (χ2n) is 9.20. The summed E-state index contributed by atoms with van der Waals surface area (Å²) >= 11 is 0. The van der Waals surface area contributed by atoms with Gasteiger partial charge in [-0.25, -0.2) is 9.59 Å². The topological polar surface area (TPSA) is 116 Å². The van der Waals surface area contributed by atoms with Gasteiger partial charge in [-0.3, -0.25) is 10.1 Å². The number of rotatable bonds is 13. The van der Waals surface area contributed by atoms with Crippen molar-refractivity contribution < 1.29 is 29.1 Å². The van der Waals surface area contributed by atoms with Crippen molar-refractivity contribution in [3.05, 3.63) is 107 Å². The first-order valence-electron chi connectivity index (χ1n) is 12.9. The van der Waals surface area contributed by atoms with Crippen LogP contribution in [-0.4, -0.2) is 35.2 Å². The van der Waals surface area contributed by atoms with E-state index in [1.165, 1.54) is 12.1 Å². The van der Waals surface area contributed by atoms with E-state index in [1.807, 2.05) is 42.5 Å². The predicted octanol–water partition coefficient (Wildman–Crippen LogP) is 7.45. The largest absolute Gasteiger partial charge is 0.494 e. The summed E-state index contributed by atoms with van der Waals surface area (Å²) in [5, 5.41) is 22.5. The number of carboxylic acids is 1. The van der Waals surface area contributed by atoms with Crippen LogP contribution in [0.25, 0.3) is 33.0 Å². The van der Waals surface area contributed by atoms with Crippen LogP contribution in [0.4, 0.5) is 5.69 Å². The van der Waals surface area contributed by atoms with Gasteiger partial charge in [-0.1, -0.05) is 36.9 Å². The minimum atomic E-state index is -1.03. The number of unbranched alkanes of at least 4 members (excludes halogenated alkanes) is 3. The summed E-state index contributed by atoms with van der Waals surface area (Å²) in [7, 11) is 0. The number of non-ortho nitro benzene ring substituents is 1. The number of esters is 1. The normalized spacial score (nSPS) is 10.7. The number of nitro benzene ring substituents is 1. The summed E-state index contributed by atoms with van der Waals surface area (Å²) in [4.78, 5) is 33.7. The second kappa shape index (κ2) is 13.2. The zero-order valence-corrected chi connectivity index (χ0v) is 21.9. The Hall–Kier alpha value is -4.98. The van der Waals surface area contributed by atoms with Crippen LogP contribution in [0, 0.1) is 10.1 Å². The molecule has 0 aliphatic rings. The third kappa shape index (κ3) is 6.91. The van der Waals surface area contributed by atoms with Gasteiger partial charge in [0.15, 0.2) is 0 Å². The van der Waals surface area contributed by atoms with Gasteiger partial charge in [0.25, 0.3) is 5.69 Å². The van der Waals surface area contributed by atoms with E-state index in [0.29, 0.717) is 19.0 Å². The highest BCUT2D eigenvalue weighted by molar-refractivity contribution is 6.05. The molecule has 40 heavy (non-hydrogen) atoms. The van der Waals surface area contributed by atoms with Gasteiger partial charge in [0.05, 0.1) is 23.7 Å². The van der Waals surface area contributed by atoms with Crippen molar-refractivity contribution in [3.63, 3.8) is 0 Å². The molecule has 0 aliphatic carbocycles. The molecule has 0 fully saturated rings. The fourth-order valence-electron chi connectivity index (χ4n) is 4.48. The van der Waals surface area contributed by atoms with Gasteiger partial charge in [0.2, 0.25) is 0 Å². The van der Waals surface area contributed by atoms with E-state index in [-0.39, 0.29) is 11.3 Å². The number of benzene rings is 4. The maximum absolute atomic E-state index is 12.0. The van der Waals surface area contributed by atoms with Crippen LogP contribution in [-0.2, 0) is 9.53 Å². The van der Waals surface area contributed by atoms with Crippen LogP contribution in [0.15, 0.2) is 91.5 Å². The minimum Gasteiger partial charge on any atom is -0.494 e. The molecule has 0 saturated carbocycles. The number of aromatic carboxylic acids is 1. The predicted molar refractivity (Wildman–Crippen MR) is 154 cm³/mol. The summed E-state index contributed by atoms with van der Waals surface area (Å²) in [5.41, 5.74) is 3.29. The van der Waals surface area contributed by atoms with Gasteiger partial charge in [0, 0.05) is 18.2 Å². The number of hydrogen-bond acceptors (Lipinski definition) is 6. The zero-order chi connectivity index (χ0) is 28.5. The summed E-state index contributed by atoms with van der Waals surface area (Å²) in [6.07, 6.45) is 4.60. The van der Waals surface area contributed by atoms with Crippen LogP contribution >= 0.6 is 0 Å². The minimum absolute atomic E-state index is 0.00234. The van der Waals surface area contributed by atoms with Crippen molar-refractivity contribution in [2.45, 2.75) is 25.7 Å². The molecule has 0 aliphatic heterocycles. The number of nitrogens with zero attached hydrogens (tertiary/aromatic N) is 1. The molecule has 4 aromatic carbocycles. The smallest absolute Gasteiger partial charge is 0.335 e. The Kier molecular flexibility index (Phi) is 9.25. The van der Waals surface area contributed by atoms with E-state index < -0.39 is 16.9 Å². The third-order valence-electron chi connectivity index (χ3n) is 6.50. The fourth-order valence-corrected chi connectivity index (χ4v) is 4.48. The molecule has 8 nitrogen and oxygen atoms in total. The van der Waals surface area contributed by atoms with Gasteiger partial charge in [-0.05, 0) is 95.1 Å². The van der Waals surface area contributed by atoms with E-state index in [1.54, 1.807) is 24.3 Å². The number of carbonyl (C=O) groups excluding carboxylic acids is 1. The SMILES string of the molecule is C=CC(=O)OCCCCCCOc1ccc2cc(C(=O)O)cc(-c3ccccc3-c3ccc([N+](=O)[O-])cc3)c2c1. The average Bonchev–Trinajstić information content (AvgIpc) is 2.97. The second-order valence-corrected chi connectivity index (χ2v) is 9.20. The van der Waals surface area contributed by atoms with Gasteiger partial charge >= 0.3 is 11.9 Å². The monoisotopic (exact) mass is 539 g/mol. The van der Waals surface area contributed by atoms with E-state index in [2.05, 4.69) is 6.58 Å². The zero-order valence-electron chi connectivity index (χ0n) is 21.9. The molecule has 4 aromatic rings. The molecule has 0 saturated heterocycles. The first-order chi connectivity index (χ1) is 19.4. The third-order valence-corrected chi connectivity index (χ3v) is 6.50. The highest BCUT2D eigenvalue weighted by Gasteiger charge is 2.16. The van der Waals surface area contributed by atoms with Gasteiger partial charge in [-0.15, -0.1) is 0 Å². The molecule has 0 atom stereocenters. The number of carbonyl (C=O) groups is 2. The van der Waals surface area contributed by atoms with Gasteiger partial charge in [-0.2, -0.15) is 0 Å². The molecule has 0 bridgehead atoms. The molecule has 0 radical (unpaired) electrons. The summed E-state index contributed by atoms with van der Waals surface area (Å²) in [6.45, 7) is 4.26. The van der Waals surface area contributed by atoms with Crippen molar-refractivity contribution >= 4 is 28.4 Å². The van der Waals surface area contributed by atoms with Gasteiger partial charge < -0.3 is 14.6 Å². The molecule has 0 spiro atoms. The number of nitro groups is 1. The van der Waals surface area contributed by atoms with E-state index in [9.17, 15) is 24.8 Å². The van der Waals surface area contributed by atoms with E-state index in [0.717, 1.165) is 64.8 Å². The van der Waals surface area contributed by atoms with Crippen molar-refractivity contribution in [2.75, 3.05) is 13.2 Å². The molecular formula is C32H29NO7. The summed E-state index contributed by atoms with van der Waals surface area (Å²) in [6, 6.07) is 22.8.